The van der Waals surface area contributed by atoms with Crippen LogP contribution in [0.5, 0.6) is 5.75 Å². The van der Waals surface area contributed by atoms with Gasteiger partial charge in [-0.05, 0) is 55.1 Å². The van der Waals surface area contributed by atoms with Crippen LogP contribution in [0.4, 0.5) is 10.5 Å². The molecule has 1 heterocycles. The van der Waals surface area contributed by atoms with Crippen molar-refractivity contribution in [2.75, 3.05) is 18.5 Å². The second-order valence-corrected chi connectivity index (χ2v) is 7.22. The number of anilines is 1. The first kappa shape index (κ1) is 20.0. The van der Waals surface area contributed by atoms with Gasteiger partial charge in [-0.15, -0.1) is 0 Å². The lowest BCUT2D eigenvalue weighted by atomic mass is 10.2. The third-order valence-electron chi connectivity index (χ3n) is 3.81. The Morgan fingerprint density at radius 1 is 1.18 bits per heavy atom. The Morgan fingerprint density at radius 2 is 1.89 bits per heavy atom. The van der Waals surface area contributed by atoms with Crippen LogP contribution in [0.3, 0.4) is 0 Å². The monoisotopic (exact) mass is 416 g/mol. The van der Waals surface area contributed by atoms with Crippen molar-refractivity contribution in [1.29, 1.82) is 0 Å². The molecule has 28 heavy (non-hydrogen) atoms. The maximum atomic E-state index is 12.6. The number of carbonyl (C=O) groups excluding carboxylic acids is 3. The van der Waals surface area contributed by atoms with Gasteiger partial charge in [0.1, 0.15) is 12.3 Å². The van der Waals surface area contributed by atoms with E-state index in [0.717, 1.165) is 16.7 Å². The van der Waals surface area contributed by atoms with Gasteiger partial charge in [-0.3, -0.25) is 19.3 Å². The average molecular weight is 417 g/mol. The topological polar surface area (TPSA) is 75.7 Å². The van der Waals surface area contributed by atoms with Gasteiger partial charge in [0, 0.05) is 16.3 Å². The summed E-state index contributed by atoms with van der Waals surface area (Å²) < 4.78 is 5.54. The second-order valence-electron chi connectivity index (χ2n) is 5.79. The van der Waals surface area contributed by atoms with Gasteiger partial charge in [0.2, 0.25) is 5.91 Å². The van der Waals surface area contributed by atoms with Crippen LogP contribution in [0.25, 0.3) is 6.08 Å². The van der Waals surface area contributed by atoms with E-state index in [1.54, 1.807) is 42.5 Å². The van der Waals surface area contributed by atoms with Crippen LogP contribution in [0.15, 0.2) is 53.4 Å². The molecule has 0 bridgehead atoms. The average Bonchev–Trinajstić information content (AvgIpc) is 2.93. The summed E-state index contributed by atoms with van der Waals surface area (Å²) >= 11 is 6.61. The van der Waals surface area contributed by atoms with Crippen molar-refractivity contribution < 1.29 is 19.1 Å². The van der Waals surface area contributed by atoms with Crippen molar-refractivity contribution in [2.24, 2.45) is 0 Å². The fourth-order valence-corrected chi connectivity index (χ4v) is 3.50. The molecule has 1 saturated heterocycles. The normalized spacial score (nSPS) is 15.2. The highest BCUT2D eigenvalue weighted by atomic mass is 35.5. The predicted octanol–water partition coefficient (Wildman–Crippen LogP) is 4.41. The molecule has 1 aliphatic heterocycles. The first-order valence-electron chi connectivity index (χ1n) is 8.50. The van der Waals surface area contributed by atoms with E-state index in [4.69, 9.17) is 16.3 Å². The molecule has 2 aromatic carbocycles. The largest absolute Gasteiger partial charge is 0.493 e. The lowest BCUT2D eigenvalue weighted by Gasteiger charge is -2.12. The van der Waals surface area contributed by atoms with E-state index in [9.17, 15) is 14.4 Å². The van der Waals surface area contributed by atoms with Crippen LogP contribution in [0.2, 0.25) is 5.02 Å². The van der Waals surface area contributed by atoms with Crippen LogP contribution in [-0.2, 0) is 9.59 Å². The third-order valence-corrected chi connectivity index (χ3v) is 4.97. The molecule has 1 aliphatic rings. The number of nitrogens with one attached hydrogen (secondary N) is 1. The summed E-state index contributed by atoms with van der Waals surface area (Å²) in [6.45, 7) is 1.99. The van der Waals surface area contributed by atoms with Crippen LogP contribution in [0.1, 0.15) is 12.5 Å². The summed E-state index contributed by atoms with van der Waals surface area (Å²) in [5, 5.41) is 2.69. The number of hydrogen-bond acceptors (Lipinski definition) is 5. The summed E-state index contributed by atoms with van der Waals surface area (Å²) in [5.41, 5.74) is 1.23. The summed E-state index contributed by atoms with van der Waals surface area (Å²) in [5.74, 6) is -0.356. The van der Waals surface area contributed by atoms with Gasteiger partial charge in [-0.2, -0.15) is 0 Å². The number of carbonyl (C=O) groups is 3. The number of thioether (sulfide) groups is 1. The van der Waals surface area contributed by atoms with Gasteiger partial charge in [-0.1, -0.05) is 29.8 Å². The van der Waals surface area contributed by atoms with E-state index in [-0.39, 0.29) is 11.4 Å². The lowest BCUT2D eigenvalue weighted by molar-refractivity contribution is -0.127. The SMILES string of the molecule is CCOc1ccccc1/C=C1/SC(=O)N(CC(=O)Nc2ccc(Cl)cc2)C1=O. The van der Waals surface area contributed by atoms with Crippen LogP contribution in [0, 0.1) is 0 Å². The minimum atomic E-state index is -0.507. The number of halogens is 1. The fourth-order valence-electron chi connectivity index (χ4n) is 2.54. The van der Waals surface area contributed by atoms with E-state index in [1.807, 2.05) is 19.1 Å². The Bertz CT molecular complexity index is 943. The fraction of sp³-hybridized carbons (Fsp3) is 0.150. The van der Waals surface area contributed by atoms with Crippen LogP contribution >= 0.6 is 23.4 Å². The van der Waals surface area contributed by atoms with Gasteiger partial charge < -0.3 is 10.1 Å². The predicted molar refractivity (Wildman–Crippen MR) is 110 cm³/mol. The van der Waals surface area contributed by atoms with Crippen molar-refractivity contribution in [2.45, 2.75) is 6.92 Å². The Morgan fingerprint density at radius 3 is 2.61 bits per heavy atom. The minimum absolute atomic E-state index is 0.247. The van der Waals surface area contributed by atoms with Crippen molar-refractivity contribution in [1.82, 2.24) is 4.90 Å². The molecular formula is C20H17ClN2O4S. The van der Waals surface area contributed by atoms with Gasteiger partial charge >= 0.3 is 0 Å². The molecule has 3 amide bonds. The molecule has 6 nitrogen and oxygen atoms in total. The zero-order valence-electron chi connectivity index (χ0n) is 15.0. The zero-order chi connectivity index (χ0) is 20.1. The Labute approximate surface area is 171 Å². The molecule has 0 unspecified atom stereocenters. The molecule has 144 valence electrons. The van der Waals surface area contributed by atoms with Crippen molar-refractivity contribution in [3.05, 3.63) is 64.0 Å². The Kier molecular flexibility index (Phi) is 6.38. The molecule has 0 saturated carbocycles. The minimum Gasteiger partial charge on any atom is -0.493 e. The molecule has 2 aromatic rings. The summed E-state index contributed by atoms with van der Waals surface area (Å²) in [7, 11) is 0. The molecule has 0 radical (unpaired) electrons. The van der Waals surface area contributed by atoms with E-state index < -0.39 is 17.1 Å². The Hall–Kier alpha value is -2.77. The van der Waals surface area contributed by atoms with Gasteiger partial charge in [0.05, 0.1) is 11.5 Å². The van der Waals surface area contributed by atoms with Gasteiger partial charge in [0.25, 0.3) is 11.1 Å². The smallest absolute Gasteiger partial charge is 0.294 e. The van der Waals surface area contributed by atoms with Gasteiger partial charge in [0.15, 0.2) is 0 Å². The highest BCUT2D eigenvalue weighted by Crippen LogP contribution is 2.33. The number of para-hydroxylation sites is 1. The maximum absolute atomic E-state index is 12.6. The highest BCUT2D eigenvalue weighted by Gasteiger charge is 2.36. The van der Waals surface area contributed by atoms with E-state index in [2.05, 4.69) is 5.32 Å². The van der Waals surface area contributed by atoms with Crippen LogP contribution in [-0.4, -0.2) is 35.1 Å². The summed E-state index contributed by atoms with van der Waals surface area (Å²) in [6.07, 6.45) is 1.60. The lowest BCUT2D eigenvalue weighted by Crippen LogP contribution is -2.36. The molecular weight excluding hydrogens is 400 g/mol. The molecule has 8 heteroatoms. The van der Waals surface area contributed by atoms with Gasteiger partial charge in [-0.25, -0.2) is 0 Å². The van der Waals surface area contributed by atoms with E-state index in [0.29, 0.717) is 28.6 Å². The molecule has 3 rings (SSSR count). The maximum Gasteiger partial charge on any atom is 0.294 e. The summed E-state index contributed by atoms with van der Waals surface area (Å²) in [6, 6.07) is 13.8. The quantitative estimate of drug-likeness (QED) is 0.706. The standard InChI is InChI=1S/C20H17ClN2O4S/c1-2-27-16-6-4-3-5-13(16)11-17-19(25)23(20(26)28-17)12-18(24)22-15-9-7-14(21)8-10-15/h3-11H,2,12H2,1H3,(H,22,24)/b17-11+. The molecule has 1 fully saturated rings. The van der Waals surface area contributed by atoms with Crippen molar-refractivity contribution >= 4 is 52.2 Å². The van der Waals surface area contributed by atoms with E-state index >= 15 is 0 Å². The molecule has 1 N–H and O–H groups in total. The number of amides is 3. The highest BCUT2D eigenvalue weighted by molar-refractivity contribution is 8.18. The first-order chi connectivity index (χ1) is 13.5. The number of benzene rings is 2. The first-order valence-corrected chi connectivity index (χ1v) is 9.70. The molecule has 0 atom stereocenters. The van der Waals surface area contributed by atoms with Crippen LogP contribution < -0.4 is 10.1 Å². The molecule has 0 spiro atoms. The number of ether oxygens (including phenoxy) is 1. The zero-order valence-corrected chi connectivity index (χ0v) is 16.5. The van der Waals surface area contributed by atoms with Crippen molar-refractivity contribution in [3.8, 4) is 5.75 Å². The number of nitrogens with zero attached hydrogens (tertiary/aromatic N) is 1. The number of rotatable bonds is 6. The molecule has 0 aliphatic carbocycles. The third kappa shape index (κ3) is 4.74. The number of hydrogen-bond donors (Lipinski definition) is 1. The second kappa shape index (κ2) is 8.95. The molecule has 0 aromatic heterocycles. The summed E-state index contributed by atoms with van der Waals surface area (Å²) in [4.78, 5) is 38.2. The van der Waals surface area contributed by atoms with E-state index in [1.165, 1.54) is 0 Å². The Balaban J connectivity index is 1.71. The van der Waals surface area contributed by atoms with Crippen molar-refractivity contribution in [3.63, 3.8) is 0 Å². The number of imide groups is 1.